The molecule has 4 N–H and O–H groups in total. The number of aromatic nitrogens is 3. The van der Waals surface area contributed by atoms with Gasteiger partial charge in [-0.15, -0.1) is 0 Å². The number of Topliss-reactive ketones (excluding diaryl/α,β-unsaturated/α-hetero) is 1. The molecule has 8 nitrogen and oxygen atoms in total. The highest BCUT2D eigenvalue weighted by atomic mass is 16.5. The minimum absolute atomic E-state index is 0.0235. The number of nitrogens with one attached hydrogen (secondary N) is 2. The Morgan fingerprint density at radius 1 is 1.19 bits per heavy atom. The number of anilines is 1. The highest BCUT2D eigenvalue weighted by Gasteiger charge is 2.34. The Kier molecular flexibility index (Phi) is 4.99. The van der Waals surface area contributed by atoms with Crippen LogP contribution in [-0.2, 0) is 0 Å². The summed E-state index contributed by atoms with van der Waals surface area (Å²) in [5.74, 6) is 0.371. The van der Waals surface area contributed by atoms with E-state index >= 15 is 0 Å². The van der Waals surface area contributed by atoms with Gasteiger partial charge in [-0.3, -0.25) is 9.78 Å². The molecule has 32 heavy (non-hydrogen) atoms. The fourth-order valence-corrected chi connectivity index (χ4v) is 4.41. The highest BCUT2D eigenvalue weighted by molar-refractivity contribution is 6.10. The van der Waals surface area contributed by atoms with E-state index in [1.165, 1.54) is 0 Å². The number of para-hydroxylation sites is 2. The molecule has 0 aliphatic carbocycles. The van der Waals surface area contributed by atoms with Crippen molar-refractivity contribution in [3.63, 3.8) is 0 Å². The first-order valence-corrected chi connectivity index (χ1v) is 10.6. The Balaban J connectivity index is 1.91. The van der Waals surface area contributed by atoms with E-state index in [0.717, 1.165) is 22.3 Å². The van der Waals surface area contributed by atoms with E-state index in [-0.39, 0.29) is 17.5 Å². The summed E-state index contributed by atoms with van der Waals surface area (Å²) in [4.78, 5) is 31.8. The SMILES string of the molecule is CCC(=O)c1c(C2NCCOc3nc(=O)[nH]c(N)c32)n(-c2ccccc2)c2ccccc12. The van der Waals surface area contributed by atoms with Gasteiger partial charge < -0.3 is 20.4 Å². The van der Waals surface area contributed by atoms with Crippen LogP contribution < -0.4 is 21.5 Å². The molecule has 2 aromatic heterocycles. The monoisotopic (exact) mass is 429 g/mol. The van der Waals surface area contributed by atoms with E-state index < -0.39 is 11.7 Å². The number of hydrogen-bond donors (Lipinski definition) is 3. The second-order valence-electron chi connectivity index (χ2n) is 7.64. The molecule has 0 radical (unpaired) electrons. The largest absolute Gasteiger partial charge is 0.476 e. The maximum absolute atomic E-state index is 13.3. The highest BCUT2D eigenvalue weighted by Crippen LogP contribution is 2.40. The number of nitrogens with two attached hydrogens (primary N) is 1. The zero-order chi connectivity index (χ0) is 22.2. The van der Waals surface area contributed by atoms with E-state index in [1.807, 2.05) is 61.5 Å². The summed E-state index contributed by atoms with van der Waals surface area (Å²) >= 11 is 0. The van der Waals surface area contributed by atoms with Gasteiger partial charge in [0.05, 0.1) is 22.8 Å². The Morgan fingerprint density at radius 3 is 2.72 bits per heavy atom. The van der Waals surface area contributed by atoms with Crippen LogP contribution in [0.2, 0.25) is 0 Å². The first-order chi connectivity index (χ1) is 15.6. The third kappa shape index (κ3) is 3.16. The van der Waals surface area contributed by atoms with Gasteiger partial charge >= 0.3 is 5.69 Å². The molecule has 0 amide bonds. The van der Waals surface area contributed by atoms with Crippen molar-refractivity contribution in [1.82, 2.24) is 19.9 Å². The van der Waals surface area contributed by atoms with Crippen molar-refractivity contribution in [3.05, 3.63) is 81.9 Å². The third-order valence-electron chi connectivity index (χ3n) is 5.74. The number of nitrogen functional groups attached to an aromatic ring is 1. The topological polar surface area (TPSA) is 115 Å². The summed E-state index contributed by atoms with van der Waals surface area (Å²) in [7, 11) is 0. The first kappa shape index (κ1) is 20.0. The smallest absolute Gasteiger partial charge is 0.349 e. The molecule has 8 heteroatoms. The van der Waals surface area contributed by atoms with E-state index in [1.54, 1.807) is 0 Å². The number of hydrogen-bond acceptors (Lipinski definition) is 6. The van der Waals surface area contributed by atoms with Gasteiger partial charge in [-0.05, 0) is 18.2 Å². The molecule has 1 atom stereocenters. The fraction of sp³-hybridized carbons (Fsp3) is 0.208. The number of ether oxygens (including phenoxy) is 1. The Labute approximate surface area is 184 Å². The Bertz CT molecular complexity index is 1370. The van der Waals surface area contributed by atoms with Crippen molar-refractivity contribution in [2.24, 2.45) is 0 Å². The molecule has 5 rings (SSSR count). The predicted octanol–water partition coefficient (Wildman–Crippen LogP) is 2.96. The lowest BCUT2D eigenvalue weighted by atomic mass is 9.96. The average Bonchev–Trinajstić information content (AvgIpc) is 3.00. The number of H-pyrrole nitrogens is 1. The summed E-state index contributed by atoms with van der Waals surface area (Å²) in [6.45, 7) is 2.67. The van der Waals surface area contributed by atoms with Gasteiger partial charge in [0.2, 0.25) is 5.88 Å². The predicted molar refractivity (Wildman–Crippen MR) is 123 cm³/mol. The van der Waals surface area contributed by atoms with Gasteiger partial charge in [0, 0.05) is 29.6 Å². The molecule has 162 valence electrons. The number of benzene rings is 2. The van der Waals surface area contributed by atoms with Crippen LogP contribution in [0.15, 0.2) is 59.4 Å². The molecule has 3 heterocycles. The maximum atomic E-state index is 13.3. The summed E-state index contributed by atoms with van der Waals surface area (Å²) in [5.41, 5.74) is 9.42. The lowest BCUT2D eigenvalue weighted by molar-refractivity contribution is 0.0988. The van der Waals surface area contributed by atoms with Crippen LogP contribution in [0.25, 0.3) is 16.6 Å². The van der Waals surface area contributed by atoms with E-state index in [4.69, 9.17) is 10.5 Å². The molecule has 2 aromatic carbocycles. The lowest BCUT2D eigenvalue weighted by Gasteiger charge is -2.23. The second-order valence-corrected chi connectivity index (χ2v) is 7.64. The number of fused-ring (bicyclic) bond motifs is 2. The van der Waals surface area contributed by atoms with E-state index in [2.05, 4.69) is 19.9 Å². The molecule has 1 aliphatic rings. The molecular weight excluding hydrogens is 406 g/mol. The van der Waals surface area contributed by atoms with Gasteiger partial charge in [0.15, 0.2) is 5.78 Å². The minimum atomic E-state index is -0.574. The van der Waals surface area contributed by atoms with Crippen molar-refractivity contribution < 1.29 is 9.53 Å². The van der Waals surface area contributed by atoms with Gasteiger partial charge in [-0.1, -0.05) is 43.3 Å². The van der Waals surface area contributed by atoms with Gasteiger partial charge in [-0.25, -0.2) is 4.79 Å². The third-order valence-corrected chi connectivity index (χ3v) is 5.74. The molecule has 4 aromatic rings. The minimum Gasteiger partial charge on any atom is -0.476 e. The first-order valence-electron chi connectivity index (χ1n) is 10.6. The summed E-state index contributed by atoms with van der Waals surface area (Å²) in [5, 5.41) is 4.33. The van der Waals surface area contributed by atoms with Crippen LogP contribution in [0.4, 0.5) is 5.82 Å². The van der Waals surface area contributed by atoms with Crippen LogP contribution in [0.5, 0.6) is 5.88 Å². The maximum Gasteiger partial charge on any atom is 0.349 e. The zero-order valence-electron chi connectivity index (χ0n) is 17.6. The van der Waals surface area contributed by atoms with E-state index in [9.17, 15) is 9.59 Å². The lowest BCUT2D eigenvalue weighted by Crippen LogP contribution is -2.28. The fourth-order valence-electron chi connectivity index (χ4n) is 4.41. The van der Waals surface area contributed by atoms with Crippen LogP contribution in [-0.4, -0.2) is 33.5 Å². The summed E-state index contributed by atoms with van der Waals surface area (Å²) in [6.07, 6.45) is 0.352. The quantitative estimate of drug-likeness (QED) is 0.430. The number of aromatic amines is 1. The number of nitrogens with zero attached hydrogens (tertiary/aromatic N) is 2. The van der Waals surface area contributed by atoms with Gasteiger partial charge in [0.1, 0.15) is 12.4 Å². The average molecular weight is 429 g/mol. The molecule has 1 unspecified atom stereocenters. The van der Waals surface area contributed by atoms with Crippen molar-refractivity contribution in [2.75, 3.05) is 18.9 Å². The van der Waals surface area contributed by atoms with Crippen LogP contribution in [0.3, 0.4) is 0 Å². The van der Waals surface area contributed by atoms with E-state index in [0.29, 0.717) is 30.7 Å². The molecule has 0 bridgehead atoms. The second kappa shape index (κ2) is 7.97. The van der Waals surface area contributed by atoms with Crippen molar-refractivity contribution in [1.29, 1.82) is 0 Å². The zero-order valence-corrected chi connectivity index (χ0v) is 17.6. The van der Waals surface area contributed by atoms with Crippen molar-refractivity contribution in [2.45, 2.75) is 19.4 Å². The number of rotatable bonds is 4. The summed E-state index contributed by atoms with van der Waals surface area (Å²) in [6, 6.07) is 17.2. The molecule has 0 saturated carbocycles. The Morgan fingerprint density at radius 2 is 1.94 bits per heavy atom. The molecule has 0 spiro atoms. The van der Waals surface area contributed by atoms with Crippen LogP contribution >= 0.6 is 0 Å². The molecule has 1 aliphatic heterocycles. The van der Waals surface area contributed by atoms with Gasteiger partial charge in [-0.2, -0.15) is 4.98 Å². The number of carbonyl (C=O) groups is 1. The standard InChI is InChI=1S/C24H23N5O3/c1-2-17(30)18-15-10-6-7-11-16(15)29(14-8-4-3-5-9-14)21(18)20-19-22(25)27-24(31)28-23(19)32-13-12-26-20/h3-11,20,26H,2,12-13H2,1H3,(H3,25,27,28,31). The summed E-state index contributed by atoms with van der Waals surface area (Å²) < 4.78 is 7.82. The normalized spacial score (nSPS) is 15.7. The van der Waals surface area contributed by atoms with Gasteiger partial charge in [0.25, 0.3) is 0 Å². The molecular formula is C24H23N5O3. The molecule has 0 saturated heterocycles. The van der Waals surface area contributed by atoms with Crippen molar-refractivity contribution in [3.8, 4) is 11.6 Å². The van der Waals surface area contributed by atoms with Crippen LogP contribution in [0, 0.1) is 0 Å². The number of ketones is 1. The molecule has 0 fully saturated rings. The van der Waals surface area contributed by atoms with Crippen molar-refractivity contribution >= 4 is 22.5 Å². The Hall–Kier alpha value is -3.91. The number of carbonyl (C=O) groups excluding carboxylic acids is 1. The van der Waals surface area contributed by atoms with Crippen LogP contribution in [0.1, 0.15) is 41.0 Å².